The first kappa shape index (κ1) is 20.4. The minimum absolute atomic E-state index is 0. The molecular formula is C14H26ClN5O2. The highest BCUT2D eigenvalue weighted by Crippen LogP contribution is 2.26. The number of hydrogen-bond donors (Lipinski definition) is 2. The molecule has 2 amide bonds. The third-order valence-corrected chi connectivity index (χ3v) is 3.90. The second-order valence-corrected chi connectivity index (χ2v) is 5.33. The standard InChI is InChI=1S/C14H25N5O2.ClH/c1-5-14(6-2,10-15)13(21)16-11-7-8-19(17-11)9-12(20)18(3)4;/h7-8H,5-6,9-10,15H2,1-4H3,(H,16,17,21);1H. The monoisotopic (exact) mass is 331 g/mol. The van der Waals surface area contributed by atoms with Crippen LogP contribution in [0.4, 0.5) is 5.82 Å². The molecule has 0 aliphatic carbocycles. The molecule has 3 N–H and O–H groups in total. The van der Waals surface area contributed by atoms with Crippen molar-refractivity contribution in [3.63, 3.8) is 0 Å². The summed E-state index contributed by atoms with van der Waals surface area (Å²) in [6.45, 7) is 4.34. The van der Waals surface area contributed by atoms with Gasteiger partial charge in [0, 0.05) is 32.9 Å². The molecule has 0 bridgehead atoms. The molecule has 1 aromatic rings. The predicted octanol–water partition coefficient (Wildman–Crippen LogP) is 1.10. The second kappa shape index (κ2) is 8.75. The van der Waals surface area contributed by atoms with E-state index in [0.717, 1.165) is 0 Å². The van der Waals surface area contributed by atoms with Crippen LogP contribution >= 0.6 is 12.4 Å². The maximum atomic E-state index is 12.4. The summed E-state index contributed by atoms with van der Waals surface area (Å²) in [6, 6.07) is 1.67. The lowest BCUT2D eigenvalue weighted by molar-refractivity contribution is -0.129. The van der Waals surface area contributed by atoms with Crippen LogP contribution in [0.5, 0.6) is 0 Å². The quantitative estimate of drug-likeness (QED) is 0.782. The molecular weight excluding hydrogens is 306 g/mol. The molecule has 0 atom stereocenters. The maximum absolute atomic E-state index is 12.4. The number of carbonyl (C=O) groups excluding carboxylic acids is 2. The van der Waals surface area contributed by atoms with Crippen LogP contribution in [0, 0.1) is 5.41 Å². The third-order valence-electron chi connectivity index (χ3n) is 3.90. The normalized spacial score (nSPS) is 10.8. The number of nitrogens with one attached hydrogen (secondary N) is 1. The van der Waals surface area contributed by atoms with Crippen molar-refractivity contribution >= 4 is 30.0 Å². The number of nitrogens with zero attached hydrogens (tertiary/aromatic N) is 3. The highest BCUT2D eigenvalue weighted by molar-refractivity contribution is 5.94. The highest BCUT2D eigenvalue weighted by Gasteiger charge is 2.33. The van der Waals surface area contributed by atoms with Crippen molar-refractivity contribution in [2.75, 3.05) is 26.0 Å². The van der Waals surface area contributed by atoms with Gasteiger partial charge < -0.3 is 16.0 Å². The van der Waals surface area contributed by atoms with Crippen molar-refractivity contribution in [2.45, 2.75) is 33.2 Å². The van der Waals surface area contributed by atoms with Crippen molar-refractivity contribution in [1.82, 2.24) is 14.7 Å². The van der Waals surface area contributed by atoms with Crippen LogP contribution in [0.2, 0.25) is 0 Å². The first-order valence-electron chi connectivity index (χ1n) is 7.13. The van der Waals surface area contributed by atoms with Crippen molar-refractivity contribution in [2.24, 2.45) is 11.1 Å². The summed E-state index contributed by atoms with van der Waals surface area (Å²) in [4.78, 5) is 25.4. The average molecular weight is 332 g/mol. The summed E-state index contributed by atoms with van der Waals surface area (Å²) in [5.41, 5.74) is 5.18. The van der Waals surface area contributed by atoms with E-state index < -0.39 is 5.41 Å². The zero-order valence-corrected chi connectivity index (χ0v) is 14.4. The molecule has 22 heavy (non-hydrogen) atoms. The Morgan fingerprint density at radius 2 is 1.95 bits per heavy atom. The van der Waals surface area contributed by atoms with E-state index in [1.54, 1.807) is 26.4 Å². The van der Waals surface area contributed by atoms with Gasteiger partial charge in [-0.25, -0.2) is 0 Å². The van der Waals surface area contributed by atoms with Gasteiger partial charge in [0.2, 0.25) is 11.8 Å². The number of rotatable bonds is 7. The van der Waals surface area contributed by atoms with Crippen molar-refractivity contribution in [3.8, 4) is 0 Å². The summed E-state index contributed by atoms with van der Waals surface area (Å²) in [5, 5.41) is 6.97. The Morgan fingerprint density at radius 1 is 1.36 bits per heavy atom. The van der Waals surface area contributed by atoms with Crippen LogP contribution in [-0.4, -0.2) is 47.1 Å². The first-order valence-corrected chi connectivity index (χ1v) is 7.13. The molecule has 0 unspecified atom stereocenters. The third kappa shape index (κ3) is 4.71. The summed E-state index contributed by atoms with van der Waals surface area (Å²) >= 11 is 0. The maximum Gasteiger partial charge on any atom is 0.243 e. The fraction of sp³-hybridized carbons (Fsp3) is 0.643. The molecule has 0 radical (unpaired) electrons. The van der Waals surface area contributed by atoms with Crippen LogP contribution in [-0.2, 0) is 16.1 Å². The van der Waals surface area contributed by atoms with E-state index in [4.69, 9.17) is 5.73 Å². The number of likely N-dealkylation sites (N-methyl/N-ethyl adjacent to an activating group) is 1. The Hall–Kier alpha value is -1.60. The van der Waals surface area contributed by atoms with Crippen LogP contribution in [0.15, 0.2) is 12.3 Å². The van der Waals surface area contributed by atoms with Gasteiger partial charge in [-0.2, -0.15) is 5.10 Å². The molecule has 0 saturated carbocycles. The zero-order chi connectivity index (χ0) is 16.0. The highest BCUT2D eigenvalue weighted by atomic mass is 35.5. The summed E-state index contributed by atoms with van der Waals surface area (Å²) in [7, 11) is 3.37. The number of nitrogens with two attached hydrogens (primary N) is 1. The van der Waals surface area contributed by atoms with Crippen molar-refractivity contribution in [1.29, 1.82) is 0 Å². The first-order chi connectivity index (χ1) is 9.88. The largest absolute Gasteiger partial charge is 0.347 e. The van der Waals surface area contributed by atoms with Crippen LogP contribution < -0.4 is 11.1 Å². The lowest BCUT2D eigenvalue weighted by atomic mass is 9.81. The van der Waals surface area contributed by atoms with Gasteiger partial charge in [-0.1, -0.05) is 13.8 Å². The molecule has 1 aromatic heterocycles. The van der Waals surface area contributed by atoms with E-state index in [2.05, 4.69) is 10.4 Å². The van der Waals surface area contributed by atoms with E-state index in [9.17, 15) is 9.59 Å². The molecule has 0 aromatic carbocycles. The van der Waals surface area contributed by atoms with Gasteiger partial charge >= 0.3 is 0 Å². The van der Waals surface area contributed by atoms with Crippen LogP contribution in [0.1, 0.15) is 26.7 Å². The molecule has 1 rings (SSSR count). The molecule has 0 saturated heterocycles. The second-order valence-electron chi connectivity index (χ2n) is 5.33. The zero-order valence-electron chi connectivity index (χ0n) is 13.6. The van der Waals surface area contributed by atoms with E-state index in [-0.39, 0.29) is 30.8 Å². The molecule has 0 aliphatic rings. The van der Waals surface area contributed by atoms with Crippen molar-refractivity contribution < 1.29 is 9.59 Å². The fourth-order valence-corrected chi connectivity index (χ4v) is 2.00. The molecule has 7 nitrogen and oxygen atoms in total. The van der Waals surface area contributed by atoms with Gasteiger partial charge in [-0.3, -0.25) is 14.3 Å². The summed E-state index contributed by atoms with van der Waals surface area (Å²) in [5.74, 6) is 0.250. The topological polar surface area (TPSA) is 93.2 Å². The van der Waals surface area contributed by atoms with E-state index >= 15 is 0 Å². The van der Waals surface area contributed by atoms with Gasteiger partial charge in [0.15, 0.2) is 5.82 Å². The summed E-state index contributed by atoms with van der Waals surface area (Å²) < 4.78 is 1.50. The van der Waals surface area contributed by atoms with Gasteiger partial charge in [0.25, 0.3) is 0 Å². The molecule has 0 fully saturated rings. The van der Waals surface area contributed by atoms with Gasteiger partial charge in [0.05, 0.1) is 5.41 Å². The number of anilines is 1. The van der Waals surface area contributed by atoms with Crippen molar-refractivity contribution in [3.05, 3.63) is 12.3 Å². The number of hydrogen-bond acceptors (Lipinski definition) is 4. The predicted molar refractivity (Wildman–Crippen MR) is 88.9 cm³/mol. The van der Waals surface area contributed by atoms with Crippen LogP contribution in [0.25, 0.3) is 0 Å². The molecule has 1 heterocycles. The number of amides is 2. The van der Waals surface area contributed by atoms with Gasteiger partial charge in [0.1, 0.15) is 6.54 Å². The molecule has 0 aliphatic heterocycles. The molecule has 126 valence electrons. The number of aromatic nitrogens is 2. The Labute approximate surface area is 137 Å². The van der Waals surface area contributed by atoms with E-state index in [1.165, 1.54) is 9.58 Å². The number of carbonyl (C=O) groups is 2. The number of halogens is 1. The SMILES string of the molecule is CCC(CC)(CN)C(=O)Nc1ccn(CC(=O)N(C)C)n1.Cl. The van der Waals surface area contributed by atoms with E-state index in [0.29, 0.717) is 25.2 Å². The Kier molecular flexibility index (Phi) is 8.11. The fourth-order valence-electron chi connectivity index (χ4n) is 2.00. The molecule has 0 spiro atoms. The lowest BCUT2D eigenvalue weighted by Crippen LogP contribution is -2.41. The minimum atomic E-state index is -0.566. The minimum Gasteiger partial charge on any atom is -0.347 e. The average Bonchev–Trinajstić information content (AvgIpc) is 2.88. The summed E-state index contributed by atoms with van der Waals surface area (Å²) in [6.07, 6.45) is 3.01. The smallest absolute Gasteiger partial charge is 0.243 e. The Bertz CT molecular complexity index is 489. The lowest BCUT2D eigenvalue weighted by Gasteiger charge is -2.27. The van der Waals surface area contributed by atoms with Gasteiger partial charge in [-0.15, -0.1) is 12.4 Å². The Morgan fingerprint density at radius 3 is 2.41 bits per heavy atom. The van der Waals surface area contributed by atoms with Gasteiger partial charge in [-0.05, 0) is 12.8 Å². The van der Waals surface area contributed by atoms with E-state index in [1.807, 2.05) is 13.8 Å². The molecule has 8 heteroatoms. The Balaban J connectivity index is 0.00000441. The van der Waals surface area contributed by atoms with Crippen LogP contribution in [0.3, 0.4) is 0 Å².